The zero-order valence-corrected chi connectivity index (χ0v) is 14.0. The number of aromatic hydroxyl groups is 1. The van der Waals surface area contributed by atoms with Gasteiger partial charge in [-0.05, 0) is 52.5 Å². The van der Waals surface area contributed by atoms with E-state index in [2.05, 4.69) is 35.1 Å². The first-order valence-electron chi connectivity index (χ1n) is 6.88. The van der Waals surface area contributed by atoms with Gasteiger partial charge in [0.1, 0.15) is 0 Å². The fraction of sp³-hybridized carbons (Fsp3) is 0.600. The molecule has 0 saturated heterocycles. The first-order valence-corrected chi connectivity index (χ1v) is 7.67. The lowest BCUT2D eigenvalue weighted by molar-refractivity contribution is 0.108. The molecular formula is C15H24BrNO3. The summed E-state index contributed by atoms with van der Waals surface area (Å²) in [5.41, 5.74) is 1.06. The third-order valence-corrected chi connectivity index (χ3v) is 3.34. The van der Waals surface area contributed by atoms with Gasteiger partial charge in [-0.15, -0.1) is 0 Å². The fourth-order valence-corrected chi connectivity index (χ4v) is 2.23. The Kier molecular flexibility index (Phi) is 7.95. The average Bonchev–Trinajstić information content (AvgIpc) is 2.41. The number of benzene rings is 1. The number of ether oxygens (including phenoxy) is 2. The lowest BCUT2D eigenvalue weighted by atomic mass is 10.2. The van der Waals surface area contributed by atoms with Crippen molar-refractivity contribution >= 4 is 15.9 Å². The highest BCUT2D eigenvalue weighted by molar-refractivity contribution is 9.10. The van der Waals surface area contributed by atoms with Crippen LogP contribution in [0.3, 0.4) is 0 Å². The van der Waals surface area contributed by atoms with Gasteiger partial charge in [0.15, 0.2) is 11.5 Å². The van der Waals surface area contributed by atoms with Crippen LogP contribution in [0.4, 0.5) is 0 Å². The summed E-state index contributed by atoms with van der Waals surface area (Å²) in [5.74, 6) is 1.21. The van der Waals surface area contributed by atoms with E-state index in [9.17, 15) is 5.11 Å². The van der Waals surface area contributed by atoms with Crippen molar-refractivity contribution in [3.8, 4) is 11.5 Å². The summed E-state index contributed by atoms with van der Waals surface area (Å²) in [6.07, 6.45) is 0.989. The first kappa shape index (κ1) is 17.3. The molecule has 1 aromatic rings. The molecule has 0 radical (unpaired) electrons. The zero-order valence-electron chi connectivity index (χ0n) is 12.4. The minimum atomic E-state index is 0.137. The van der Waals surface area contributed by atoms with Gasteiger partial charge in [0.2, 0.25) is 0 Å². The van der Waals surface area contributed by atoms with Gasteiger partial charge in [-0.1, -0.05) is 13.8 Å². The van der Waals surface area contributed by atoms with Crippen LogP contribution in [0.25, 0.3) is 0 Å². The summed E-state index contributed by atoms with van der Waals surface area (Å²) < 4.78 is 11.3. The molecule has 0 unspecified atom stereocenters. The third kappa shape index (κ3) is 6.11. The van der Waals surface area contributed by atoms with E-state index in [1.807, 2.05) is 12.1 Å². The van der Waals surface area contributed by atoms with Crippen LogP contribution in [0, 0.1) is 5.92 Å². The molecule has 0 saturated carbocycles. The quantitative estimate of drug-likeness (QED) is 0.674. The Balaban J connectivity index is 2.27. The maximum absolute atomic E-state index is 9.73. The Labute approximate surface area is 129 Å². The second-order valence-corrected chi connectivity index (χ2v) is 5.98. The molecule has 0 amide bonds. The predicted molar refractivity (Wildman–Crippen MR) is 84.3 cm³/mol. The summed E-state index contributed by atoms with van der Waals surface area (Å²) in [6, 6.07) is 3.72. The first-order chi connectivity index (χ1) is 9.54. The molecule has 5 heteroatoms. The fourth-order valence-electron chi connectivity index (χ4n) is 1.74. The van der Waals surface area contributed by atoms with Gasteiger partial charge in [0.05, 0.1) is 11.6 Å². The summed E-state index contributed by atoms with van der Waals surface area (Å²) in [4.78, 5) is 0. The molecule has 114 valence electrons. The Morgan fingerprint density at radius 1 is 1.35 bits per heavy atom. The molecule has 0 fully saturated rings. The van der Waals surface area contributed by atoms with Crippen molar-refractivity contribution in [3.05, 3.63) is 22.2 Å². The van der Waals surface area contributed by atoms with Crippen molar-refractivity contribution in [2.24, 2.45) is 5.92 Å². The zero-order chi connectivity index (χ0) is 15.0. The summed E-state index contributed by atoms with van der Waals surface area (Å²) in [6.45, 7) is 7.54. The number of hydrogen-bond donors (Lipinski definition) is 2. The molecule has 0 atom stereocenters. The number of halogens is 1. The number of hydrogen-bond acceptors (Lipinski definition) is 4. The van der Waals surface area contributed by atoms with E-state index in [0.29, 0.717) is 16.1 Å². The Morgan fingerprint density at radius 3 is 2.75 bits per heavy atom. The molecule has 1 aromatic carbocycles. The normalized spacial score (nSPS) is 11.1. The van der Waals surface area contributed by atoms with Crippen LogP contribution in [0.15, 0.2) is 16.6 Å². The highest BCUT2D eigenvalue weighted by Gasteiger charge is 2.08. The summed E-state index contributed by atoms with van der Waals surface area (Å²) in [7, 11) is 1.55. The van der Waals surface area contributed by atoms with Gasteiger partial charge in [-0.3, -0.25) is 0 Å². The SMILES string of the molecule is COc1cc(CNCCCOCC(C)C)cc(Br)c1O. The lowest BCUT2D eigenvalue weighted by Gasteiger charge is -2.10. The third-order valence-electron chi connectivity index (χ3n) is 2.73. The molecule has 0 bridgehead atoms. The number of nitrogens with one attached hydrogen (secondary N) is 1. The smallest absolute Gasteiger partial charge is 0.172 e. The minimum absolute atomic E-state index is 0.137. The van der Waals surface area contributed by atoms with Crippen LogP contribution < -0.4 is 10.1 Å². The number of phenols is 1. The van der Waals surface area contributed by atoms with Gasteiger partial charge in [0.25, 0.3) is 0 Å². The van der Waals surface area contributed by atoms with Crippen molar-refractivity contribution in [1.82, 2.24) is 5.32 Å². The molecule has 4 nitrogen and oxygen atoms in total. The average molecular weight is 346 g/mol. The van der Waals surface area contributed by atoms with Crippen LogP contribution in [-0.4, -0.2) is 32.0 Å². The molecule has 0 aliphatic carbocycles. The maximum Gasteiger partial charge on any atom is 0.172 e. The monoisotopic (exact) mass is 345 g/mol. The van der Waals surface area contributed by atoms with E-state index in [-0.39, 0.29) is 5.75 Å². The van der Waals surface area contributed by atoms with Crippen molar-refractivity contribution in [3.63, 3.8) is 0 Å². The van der Waals surface area contributed by atoms with E-state index >= 15 is 0 Å². The topological polar surface area (TPSA) is 50.7 Å². The number of methoxy groups -OCH3 is 1. The second kappa shape index (κ2) is 9.21. The van der Waals surface area contributed by atoms with Crippen LogP contribution in [-0.2, 0) is 11.3 Å². The highest BCUT2D eigenvalue weighted by atomic mass is 79.9. The number of phenolic OH excluding ortho intramolecular Hbond substituents is 1. The second-order valence-electron chi connectivity index (χ2n) is 5.13. The minimum Gasteiger partial charge on any atom is -0.503 e. The molecule has 0 aromatic heterocycles. The summed E-state index contributed by atoms with van der Waals surface area (Å²) >= 11 is 3.32. The van der Waals surface area contributed by atoms with Crippen LogP contribution >= 0.6 is 15.9 Å². The molecule has 1 rings (SSSR count). The maximum atomic E-state index is 9.73. The van der Waals surface area contributed by atoms with Crippen LogP contribution in [0.5, 0.6) is 11.5 Å². The van der Waals surface area contributed by atoms with Gasteiger partial charge in [-0.2, -0.15) is 0 Å². The summed E-state index contributed by atoms with van der Waals surface area (Å²) in [5, 5.41) is 13.1. The van der Waals surface area contributed by atoms with E-state index in [4.69, 9.17) is 9.47 Å². The molecule has 0 spiro atoms. The van der Waals surface area contributed by atoms with Gasteiger partial charge < -0.3 is 19.9 Å². The Bertz CT molecular complexity index is 410. The van der Waals surface area contributed by atoms with Crippen molar-refractivity contribution in [2.75, 3.05) is 26.9 Å². The molecule has 20 heavy (non-hydrogen) atoms. The number of rotatable bonds is 9. The molecule has 0 heterocycles. The van der Waals surface area contributed by atoms with Crippen LogP contribution in [0.2, 0.25) is 0 Å². The van der Waals surface area contributed by atoms with E-state index in [1.165, 1.54) is 0 Å². The van der Waals surface area contributed by atoms with E-state index < -0.39 is 0 Å². The van der Waals surface area contributed by atoms with Gasteiger partial charge in [0, 0.05) is 19.8 Å². The molecule has 0 aliphatic rings. The van der Waals surface area contributed by atoms with E-state index in [1.54, 1.807) is 7.11 Å². The largest absolute Gasteiger partial charge is 0.503 e. The molecule has 2 N–H and O–H groups in total. The Hall–Kier alpha value is -0.780. The molecule has 0 aliphatic heterocycles. The van der Waals surface area contributed by atoms with Crippen molar-refractivity contribution in [1.29, 1.82) is 0 Å². The van der Waals surface area contributed by atoms with Crippen molar-refractivity contribution < 1.29 is 14.6 Å². The predicted octanol–water partition coefficient (Wildman–Crippen LogP) is 3.32. The van der Waals surface area contributed by atoms with Gasteiger partial charge in [-0.25, -0.2) is 0 Å². The lowest BCUT2D eigenvalue weighted by Crippen LogP contribution is -2.17. The van der Waals surface area contributed by atoms with Gasteiger partial charge >= 0.3 is 0 Å². The van der Waals surface area contributed by atoms with Crippen molar-refractivity contribution in [2.45, 2.75) is 26.8 Å². The highest BCUT2D eigenvalue weighted by Crippen LogP contribution is 2.35. The molecular weight excluding hydrogens is 322 g/mol. The Morgan fingerprint density at radius 2 is 2.10 bits per heavy atom. The van der Waals surface area contributed by atoms with Crippen LogP contribution in [0.1, 0.15) is 25.8 Å². The standard InChI is InChI=1S/C15H24BrNO3/c1-11(2)10-20-6-4-5-17-9-12-7-13(16)15(18)14(8-12)19-3/h7-8,11,17-18H,4-6,9-10H2,1-3H3. The van der Waals surface area contributed by atoms with E-state index in [0.717, 1.165) is 38.3 Å².